The molecule has 4 aromatic rings. The van der Waals surface area contributed by atoms with Gasteiger partial charge in [0.05, 0.1) is 23.9 Å². The van der Waals surface area contributed by atoms with Gasteiger partial charge in [0.25, 0.3) is 0 Å². The Labute approximate surface area is 183 Å². The number of fused-ring (bicyclic) bond motifs is 2. The van der Waals surface area contributed by atoms with Crippen LogP contribution in [0.25, 0.3) is 16.7 Å². The first kappa shape index (κ1) is 19.8. The zero-order chi connectivity index (χ0) is 21.4. The number of hydrogen-bond donors (Lipinski definition) is 0. The number of halogens is 1. The van der Waals surface area contributed by atoms with Gasteiger partial charge in [-0.25, -0.2) is 19.0 Å². The van der Waals surface area contributed by atoms with Gasteiger partial charge < -0.3 is 9.47 Å². The van der Waals surface area contributed by atoms with Crippen molar-refractivity contribution in [1.29, 1.82) is 0 Å². The molecule has 6 nitrogen and oxygen atoms in total. The minimum absolute atomic E-state index is 0.186. The lowest BCUT2D eigenvalue weighted by atomic mass is 10.1. The van der Waals surface area contributed by atoms with Crippen molar-refractivity contribution < 1.29 is 13.9 Å². The molecule has 0 amide bonds. The predicted octanol–water partition coefficient (Wildman–Crippen LogP) is 4.97. The normalized spacial score (nSPS) is 15.1. The second-order valence-electron chi connectivity index (χ2n) is 7.37. The van der Waals surface area contributed by atoms with Crippen molar-refractivity contribution in [3.05, 3.63) is 65.9 Å². The fourth-order valence-corrected chi connectivity index (χ4v) is 4.68. The summed E-state index contributed by atoms with van der Waals surface area (Å²) in [4.78, 5) is 8.87. The van der Waals surface area contributed by atoms with Crippen molar-refractivity contribution in [1.82, 2.24) is 19.7 Å². The molecule has 2 aromatic carbocycles. The molecular formula is C23H21FN4O2S. The minimum atomic E-state index is -0.288. The molecule has 0 radical (unpaired) electrons. The number of hydrogen-bond acceptors (Lipinski definition) is 6. The molecule has 8 heteroatoms. The third kappa shape index (κ3) is 3.83. The molecule has 1 aliphatic rings. The van der Waals surface area contributed by atoms with E-state index in [0.717, 1.165) is 39.6 Å². The smallest absolute Gasteiger partial charge is 0.167 e. The van der Waals surface area contributed by atoms with Crippen molar-refractivity contribution >= 4 is 22.8 Å². The lowest BCUT2D eigenvalue weighted by molar-refractivity contribution is 0.254. The van der Waals surface area contributed by atoms with Gasteiger partial charge >= 0.3 is 0 Å². The maximum atomic E-state index is 13.3. The van der Waals surface area contributed by atoms with Crippen molar-refractivity contribution in [2.45, 2.75) is 37.2 Å². The highest BCUT2D eigenvalue weighted by molar-refractivity contribution is 7.98. The van der Waals surface area contributed by atoms with Crippen LogP contribution in [0.4, 0.5) is 4.39 Å². The van der Waals surface area contributed by atoms with E-state index in [1.165, 1.54) is 24.0 Å². The summed E-state index contributed by atoms with van der Waals surface area (Å²) >= 11 is 1.60. The van der Waals surface area contributed by atoms with Crippen LogP contribution < -0.4 is 9.47 Å². The van der Waals surface area contributed by atoms with E-state index in [4.69, 9.17) is 9.47 Å². The van der Waals surface area contributed by atoms with Gasteiger partial charge in [-0.1, -0.05) is 0 Å². The fraction of sp³-hybridized carbons (Fsp3) is 0.261. The maximum Gasteiger partial charge on any atom is 0.167 e. The number of ether oxygens (including phenoxy) is 2. The largest absolute Gasteiger partial charge is 0.494 e. The van der Waals surface area contributed by atoms with E-state index in [1.807, 2.05) is 6.92 Å². The summed E-state index contributed by atoms with van der Waals surface area (Å²) in [5.41, 5.74) is 3.68. The Balaban J connectivity index is 1.44. The molecule has 3 heterocycles. The molecular weight excluding hydrogens is 415 g/mol. The first-order valence-electron chi connectivity index (χ1n) is 10.1. The molecule has 0 bridgehead atoms. The third-order valence-electron chi connectivity index (χ3n) is 5.14. The van der Waals surface area contributed by atoms with Gasteiger partial charge in [-0.15, -0.1) is 11.8 Å². The van der Waals surface area contributed by atoms with Gasteiger partial charge in [0.15, 0.2) is 5.65 Å². The Bertz CT molecular complexity index is 1240. The summed E-state index contributed by atoms with van der Waals surface area (Å²) < 4.78 is 26.8. The van der Waals surface area contributed by atoms with E-state index in [0.29, 0.717) is 18.0 Å². The van der Waals surface area contributed by atoms with E-state index in [9.17, 15) is 4.39 Å². The molecule has 0 aliphatic carbocycles. The van der Waals surface area contributed by atoms with Gasteiger partial charge in [0, 0.05) is 23.3 Å². The van der Waals surface area contributed by atoms with Crippen LogP contribution >= 0.6 is 11.8 Å². The third-order valence-corrected chi connectivity index (χ3v) is 6.20. The molecule has 2 aromatic heterocycles. The minimum Gasteiger partial charge on any atom is -0.494 e. The zero-order valence-corrected chi connectivity index (χ0v) is 18.0. The van der Waals surface area contributed by atoms with Crippen molar-refractivity contribution in [2.24, 2.45) is 0 Å². The number of thioether (sulfide) groups is 1. The van der Waals surface area contributed by atoms with Gasteiger partial charge in [0.1, 0.15) is 34.8 Å². The Morgan fingerprint density at radius 3 is 2.87 bits per heavy atom. The second kappa shape index (κ2) is 8.19. The van der Waals surface area contributed by atoms with E-state index >= 15 is 0 Å². The molecule has 5 rings (SSSR count). The molecule has 1 aliphatic heterocycles. The van der Waals surface area contributed by atoms with Gasteiger partial charge in [-0.2, -0.15) is 5.10 Å². The number of benzene rings is 2. The first-order valence-corrected chi connectivity index (χ1v) is 11.1. The van der Waals surface area contributed by atoms with Gasteiger partial charge in [0.2, 0.25) is 0 Å². The van der Waals surface area contributed by atoms with Crippen LogP contribution in [0.15, 0.2) is 53.9 Å². The Hall–Kier alpha value is -3.13. The van der Waals surface area contributed by atoms with Crippen LogP contribution in [-0.2, 0) is 12.2 Å². The Kier molecular flexibility index (Phi) is 5.23. The first-order chi connectivity index (χ1) is 15.1. The van der Waals surface area contributed by atoms with E-state index < -0.39 is 0 Å². The Morgan fingerprint density at radius 2 is 2.06 bits per heavy atom. The van der Waals surface area contributed by atoms with E-state index in [1.54, 1.807) is 34.8 Å². The van der Waals surface area contributed by atoms with Crippen molar-refractivity contribution in [2.75, 3.05) is 6.61 Å². The van der Waals surface area contributed by atoms with Crippen LogP contribution in [-0.4, -0.2) is 32.5 Å². The maximum absolute atomic E-state index is 13.3. The topological polar surface area (TPSA) is 62.1 Å². The molecule has 0 saturated heterocycles. The quantitative estimate of drug-likeness (QED) is 0.314. The number of aromatic nitrogens is 4. The molecule has 0 fully saturated rings. The average Bonchev–Trinajstić information content (AvgIpc) is 3.35. The molecule has 0 N–H and O–H groups in total. The van der Waals surface area contributed by atoms with Crippen LogP contribution in [0.5, 0.6) is 11.5 Å². The molecule has 1 unspecified atom stereocenters. The molecule has 0 saturated carbocycles. The predicted molar refractivity (Wildman–Crippen MR) is 118 cm³/mol. The highest BCUT2D eigenvalue weighted by Crippen LogP contribution is 2.38. The molecule has 0 spiro atoms. The second-order valence-corrected chi connectivity index (χ2v) is 8.33. The molecule has 158 valence electrons. The van der Waals surface area contributed by atoms with Crippen LogP contribution in [0.3, 0.4) is 0 Å². The molecule has 1 atom stereocenters. The number of nitrogens with zero attached hydrogens (tertiary/aromatic N) is 4. The van der Waals surface area contributed by atoms with Crippen LogP contribution in [0.2, 0.25) is 0 Å². The summed E-state index contributed by atoms with van der Waals surface area (Å²) in [6.45, 7) is 4.67. The average molecular weight is 437 g/mol. The lowest BCUT2D eigenvalue weighted by Crippen LogP contribution is -2.05. The standard InChI is InChI=1S/C23H21FN4O2S/c1-3-29-20-9-15-8-14(2)30-21(15)10-16(20)12-31-23-19-11-27-28(22(19)25-13-26-23)18-6-4-17(24)5-7-18/h4-7,9-11,13-14H,3,8,12H2,1-2H3. The van der Waals surface area contributed by atoms with Crippen LogP contribution in [0.1, 0.15) is 25.0 Å². The lowest BCUT2D eigenvalue weighted by Gasteiger charge is -2.12. The summed E-state index contributed by atoms with van der Waals surface area (Å²) in [6, 6.07) is 10.3. The highest BCUT2D eigenvalue weighted by Gasteiger charge is 2.22. The van der Waals surface area contributed by atoms with Crippen LogP contribution in [0, 0.1) is 5.82 Å². The summed E-state index contributed by atoms with van der Waals surface area (Å²) in [7, 11) is 0. The monoisotopic (exact) mass is 436 g/mol. The summed E-state index contributed by atoms with van der Waals surface area (Å²) in [5.74, 6) is 2.21. The summed E-state index contributed by atoms with van der Waals surface area (Å²) in [5, 5.41) is 6.12. The van der Waals surface area contributed by atoms with Crippen molar-refractivity contribution in [3.63, 3.8) is 0 Å². The fourth-order valence-electron chi connectivity index (χ4n) is 3.74. The Morgan fingerprint density at radius 1 is 1.23 bits per heavy atom. The van der Waals surface area contributed by atoms with Gasteiger partial charge in [-0.05, 0) is 50.2 Å². The summed E-state index contributed by atoms with van der Waals surface area (Å²) in [6.07, 6.45) is 4.37. The highest BCUT2D eigenvalue weighted by atomic mass is 32.2. The van der Waals surface area contributed by atoms with E-state index in [-0.39, 0.29) is 11.9 Å². The zero-order valence-electron chi connectivity index (χ0n) is 17.2. The SMILES string of the molecule is CCOc1cc2c(cc1CSc1ncnc3c1cnn3-c1ccc(F)cc1)OC(C)C2. The number of rotatable bonds is 6. The van der Waals surface area contributed by atoms with Crippen molar-refractivity contribution in [3.8, 4) is 17.2 Å². The van der Waals surface area contributed by atoms with Gasteiger partial charge in [-0.3, -0.25) is 0 Å². The van der Waals surface area contributed by atoms with E-state index in [2.05, 4.69) is 34.1 Å². The molecule has 31 heavy (non-hydrogen) atoms.